The van der Waals surface area contributed by atoms with Gasteiger partial charge in [-0.25, -0.2) is 0 Å². The lowest BCUT2D eigenvalue weighted by Crippen LogP contribution is -2.01. The number of aliphatic hydroxyl groups is 1. The van der Waals surface area contributed by atoms with E-state index in [0.29, 0.717) is 0 Å². The summed E-state index contributed by atoms with van der Waals surface area (Å²) in [6.45, 7) is 2.20. The fourth-order valence-corrected chi connectivity index (χ4v) is 2.99. The molecule has 0 heterocycles. The summed E-state index contributed by atoms with van der Waals surface area (Å²) in [6, 6.07) is 14.1. The lowest BCUT2D eigenvalue weighted by molar-refractivity contribution is 0.219. The van der Waals surface area contributed by atoms with Crippen molar-refractivity contribution in [3.05, 3.63) is 68.1 Å². The van der Waals surface area contributed by atoms with Gasteiger partial charge in [0.1, 0.15) is 6.10 Å². The van der Waals surface area contributed by atoms with Gasteiger partial charge in [-0.1, -0.05) is 69.5 Å². The van der Waals surface area contributed by atoms with Crippen LogP contribution in [0.4, 0.5) is 0 Å². The molecule has 3 heteroatoms. The Hall–Kier alpha value is -0.640. The predicted molar refractivity (Wildman–Crippen MR) is 91.0 cm³/mol. The van der Waals surface area contributed by atoms with Crippen molar-refractivity contribution in [3.8, 4) is 0 Å². The third kappa shape index (κ3) is 3.94. The van der Waals surface area contributed by atoms with Gasteiger partial charge in [-0.2, -0.15) is 0 Å². The normalized spacial score (nSPS) is 12.4. The molecule has 1 N–H and O–H groups in total. The monoisotopic (exact) mass is 396 g/mol. The molecule has 0 bridgehead atoms. The van der Waals surface area contributed by atoms with Gasteiger partial charge in [-0.15, -0.1) is 0 Å². The number of unbranched alkanes of at least 4 members (excludes halogenated alkanes) is 1. The molecule has 0 aliphatic rings. The van der Waals surface area contributed by atoms with Crippen molar-refractivity contribution >= 4 is 31.9 Å². The molecule has 2 rings (SSSR count). The molecule has 1 unspecified atom stereocenters. The number of aliphatic hydroxyl groups excluding tert-OH is 1. The lowest BCUT2D eigenvalue weighted by atomic mass is 9.99. The molecule has 0 aliphatic heterocycles. The summed E-state index contributed by atoms with van der Waals surface area (Å²) in [4.78, 5) is 0. The molecule has 0 fully saturated rings. The van der Waals surface area contributed by atoms with E-state index in [2.05, 4.69) is 50.9 Å². The van der Waals surface area contributed by atoms with Gasteiger partial charge in [-0.3, -0.25) is 0 Å². The molecule has 0 spiro atoms. The van der Waals surface area contributed by atoms with E-state index in [9.17, 15) is 5.11 Å². The van der Waals surface area contributed by atoms with Crippen molar-refractivity contribution < 1.29 is 5.11 Å². The van der Waals surface area contributed by atoms with Gasteiger partial charge in [0.25, 0.3) is 0 Å². The first kappa shape index (κ1) is 15.7. The van der Waals surface area contributed by atoms with Gasteiger partial charge < -0.3 is 5.11 Å². The summed E-state index contributed by atoms with van der Waals surface area (Å²) in [5, 5.41) is 10.5. The van der Waals surface area contributed by atoms with E-state index in [1.54, 1.807) is 0 Å². The Morgan fingerprint density at radius 3 is 2.40 bits per heavy atom. The van der Waals surface area contributed by atoms with Gasteiger partial charge in [0.05, 0.1) is 0 Å². The topological polar surface area (TPSA) is 20.2 Å². The Bertz CT molecular complexity index is 564. The van der Waals surface area contributed by atoms with Gasteiger partial charge in [0.15, 0.2) is 0 Å². The second-order valence-corrected chi connectivity index (χ2v) is 6.68. The number of benzene rings is 2. The van der Waals surface area contributed by atoms with Gasteiger partial charge in [0, 0.05) is 14.5 Å². The van der Waals surface area contributed by atoms with Crippen LogP contribution in [0.15, 0.2) is 51.4 Å². The molecule has 0 amide bonds. The van der Waals surface area contributed by atoms with Gasteiger partial charge in [-0.05, 0) is 42.2 Å². The Morgan fingerprint density at radius 1 is 1.05 bits per heavy atom. The van der Waals surface area contributed by atoms with Crippen LogP contribution in [0.1, 0.15) is 42.6 Å². The highest BCUT2D eigenvalue weighted by atomic mass is 79.9. The van der Waals surface area contributed by atoms with E-state index < -0.39 is 6.10 Å². The van der Waals surface area contributed by atoms with Gasteiger partial charge in [0.2, 0.25) is 0 Å². The van der Waals surface area contributed by atoms with Crippen molar-refractivity contribution in [1.29, 1.82) is 0 Å². The van der Waals surface area contributed by atoms with Crippen LogP contribution in [0.25, 0.3) is 0 Å². The first-order chi connectivity index (χ1) is 9.61. The highest BCUT2D eigenvalue weighted by molar-refractivity contribution is 9.11. The second-order valence-electron chi connectivity index (χ2n) is 4.91. The minimum Gasteiger partial charge on any atom is -0.384 e. The molecule has 0 radical (unpaired) electrons. The predicted octanol–water partition coefficient (Wildman–Crippen LogP) is 5.64. The molecule has 0 aliphatic carbocycles. The number of hydrogen-bond donors (Lipinski definition) is 1. The van der Waals surface area contributed by atoms with E-state index in [4.69, 9.17) is 0 Å². The highest BCUT2D eigenvalue weighted by Gasteiger charge is 2.14. The number of hydrogen-bond acceptors (Lipinski definition) is 1. The van der Waals surface area contributed by atoms with E-state index in [-0.39, 0.29) is 0 Å². The van der Waals surface area contributed by atoms with E-state index in [1.807, 2.05) is 30.3 Å². The summed E-state index contributed by atoms with van der Waals surface area (Å²) in [6.07, 6.45) is 2.91. The third-order valence-corrected chi connectivity index (χ3v) is 4.58. The largest absolute Gasteiger partial charge is 0.384 e. The van der Waals surface area contributed by atoms with Crippen molar-refractivity contribution in [1.82, 2.24) is 0 Å². The molecule has 106 valence electrons. The Morgan fingerprint density at radius 2 is 1.75 bits per heavy atom. The molecule has 2 aromatic carbocycles. The van der Waals surface area contributed by atoms with Gasteiger partial charge >= 0.3 is 0 Å². The standard InChI is InChI=1S/C17H18Br2O/c1-2-3-4-12-5-7-13(8-6-12)17(20)15-11-14(18)9-10-16(15)19/h5-11,17,20H,2-4H2,1H3. The number of aryl methyl sites for hydroxylation is 1. The minimum absolute atomic E-state index is 0.609. The molecule has 20 heavy (non-hydrogen) atoms. The van der Waals surface area contributed by atoms with Crippen molar-refractivity contribution in [2.24, 2.45) is 0 Å². The number of rotatable bonds is 5. The van der Waals surface area contributed by atoms with Crippen molar-refractivity contribution in [2.75, 3.05) is 0 Å². The second kappa shape index (κ2) is 7.39. The van der Waals surface area contributed by atoms with Crippen LogP contribution in [0.3, 0.4) is 0 Å². The maximum Gasteiger partial charge on any atom is 0.105 e. The summed E-state index contributed by atoms with van der Waals surface area (Å²) >= 11 is 6.94. The van der Waals surface area contributed by atoms with Crippen molar-refractivity contribution in [3.63, 3.8) is 0 Å². The Balaban J connectivity index is 2.20. The van der Waals surface area contributed by atoms with E-state index in [1.165, 1.54) is 18.4 Å². The molecule has 0 saturated heterocycles. The van der Waals surface area contributed by atoms with Crippen LogP contribution in [-0.4, -0.2) is 5.11 Å². The molecular weight excluding hydrogens is 380 g/mol. The van der Waals surface area contributed by atoms with E-state index >= 15 is 0 Å². The zero-order valence-electron chi connectivity index (χ0n) is 11.4. The summed E-state index contributed by atoms with van der Waals surface area (Å²) in [5.41, 5.74) is 3.13. The van der Waals surface area contributed by atoms with E-state index in [0.717, 1.165) is 26.5 Å². The molecule has 0 aromatic heterocycles. The zero-order chi connectivity index (χ0) is 14.5. The van der Waals surface area contributed by atoms with Crippen LogP contribution < -0.4 is 0 Å². The molecule has 1 atom stereocenters. The first-order valence-corrected chi connectivity index (χ1v) is 8.42. The number of halogens is 2. The maximum absolute atomic E-state index is 10.5. The molecule has 0 saturated carbocycles. The minimum atomic E-state index is -0.609. The average Bonchev–Trinajstić information content (AvgIpc) is 2.47. The molecular formula is C17H18Br2O. The fraction of sp³-hybridized carbons (Fsp3) is 0.294. The summed E-state index contributed by atoms with van der Waals surface area (Å²) in [7, 11) is 0. The average molecular weight is 398 g/mol. The summed E-state index contributed by atoms with van der Waals surface area (Å²) < 4.78 is 1.89. The summed E-state index contributed by atoms with van der Waals surface area (Å²) in [5.74, 6) is 0. The smallest absolute Gasteiger partial charge is 0.105 e. The lowest BCUT2D eigenvalue weighted by Gasteiger charge is -2.14. The highest BCUT2D eigenvalue weighted by Crippen LogP contribution is 2.31. The Labute approximate surface area is 137 Å². The maximum atomic E-state index is 10.5. The van der Waals surface area contributed by atoms with Crippen LogP contribution >= 0.6 is 31.9 Å². The zero-order valence-corrected chi connectivity index (χ0v) is 14.6. The SMILES string of the molecule is CCCCc1ccc(C(O)c2cc(Br)ccc2Br)cc1. The first-order valence-electron chi connectivity index (χ1n) is 6.83. The van der Waals surface area contributed by atoms with Crippen LogP contribution in [-0.2, 0) is 6.42 Å². The molecule has 1 nitrogen and oxygen atoms in total. The quantitative estimate of drug-likeness (QED) is 0.692. The fourth-order valence-electron chi connectivity index (χ4n) is 2.15. The molecule has 2 aromatic rings. The van der Waals surface area contributed by atoms with Crippen LogP contribution in [0, 0.1) is 0 Å². The van der Waals surface area contributed by atoms with Crippen molar-refractivity contribution in [2.45, 2.75) is 32.3 Å². The Kier molecular flexibility index (Phi) is 5.82. The van der Waals surface area contributed by atoms with Crippen LogP contribution in [0.5, 0.6) is 0 Å². The van der Waals surface area contributed by atoms with Crippen LogP contribution in [0.2, 0.25) is 0 Å². The third-order valence-electron chi connectivity index (χ3n) is 3.37.